The second-order valence-electron chi connectivity index (χ2n) is 4.85. The molecule has 2 aromatic rings. The molecule has 1 radical (unpaired) electrons. The Morgan fingerprint density at radius 1 is 1.05 bits per heavy atom. The second kappa shape index (κ2) is 5.87. The first-order valence-electron chi connectivity index (χ1n) is 6.49. The molecule has 20 heavy (non-hydrogen) atoms. The Morgan fingerprint density at radius 2 is 1.80 bits per heavy atom. The molecule has 0 unspecified atom stereocenters. The van der Waals surface area contributed by atoms with Crippen molar-refractivity contribution in [2.45, 2.75) is 6.92 Å². The molecule has 0 aliphatic carbocycles. The van der Waals surface area contributed by atoms with Crippen LogP contribution in [-0.4, -0.2) is 28.3 Å². The number of nitrogens with zero attached hydrogens (tertiary/aromatic N) is 1. The van der Waals surface area contributed by atoms with E-state index >= 15 is 0 Å². The first-order valence-corrected chi connectivity index (χ1v) is 6.49. The summed E-state index contributed by atoms with van der Waals surface area (Å²) in [6.07, 6.45) is 0. The summed E-state index contributed by atoms with van der Waals surface area (Å²) in [5.41, 5.74) is 4.34. The van der Waals surface area contributed by atoms with Crippen molar-refractivity contribution in [3.8, 4) is 22.6 Å². The van der Waals surface area contributed by atoms with E-state index in [2.05, 4.69) is 17.0 Å². The topological polar surface area (TPSA) is 21.7 Å². The van der Waals surface area contributed by atoms with Gasteiger partial charge in [0.05, 0.1) is 14.2 Å². The minimum absolute atomic E-state index is 0.751. The molecule has 3 nitrogen and oxygen atoms in total. The van der Waals surface area contributed by atoms with E-state index in [1.165, 1.54) is 0 Å². The van der Waals surface area contributed by atoms with Crippen LogP contribution in [-0.2, 0) is 0 Å². The van der Waals surface area contributed by atoms with Gasteiger partial charge < -0.3 is 14.4 Å². The standard InChI is InChI=1S/C17H20NO2/c1-12-11-13(9-10-15(12)19-4)17-14(18(2)3)7-6-8-16(17)20-5/h6-7,9-11H,1-5H3. The summed E-state index contributed by atoms with van der Waals surface area (Å²) in [5.74, 6) is 1.64. The predicted octanol–water partition coefficient (Wildman–Crippen LogP) is 3.55. The van der Waals surface area contributed by atoms with Gasteiger partial charge >= 0.3 is 0 Å². The molecule has 0 aliphatic rings. The second-order valence-corrected chi connectivity index (χ2v) is 4.85. The average Bonchev–Trinajstić information content (AvgIpc) is 2.46. The summed E-state index contributed by atoms with van der Waals surface area (Å²) in [7, 11) is 7.40. The van der Waals surface area contributed by atoms with Gasteiger partial charge in [0.15, 0.2) is 0 Å². The van der Waals surface area contributed by atoms with Gasteiger partial charge in [0, 0.05) is 31.4 Å². The summed E-state index contributed by atoms with van der Waals surface area (Å²) in [6.45, 7) is 2.04. The van der Waals surface area contributed by atoms with Crippen molar-refractivity contribution < 1.29 is 9.47 Å². The van der Waals surface area contributed by atoms with Gasteiger partial charge in [-0.05, 0) is 42.3 Å². The molecule has 3 heteroatoms. The predicted molar refractivity (Wildman–Crippen MR) is 82.9 cm³/mol. The van der Waals surface area contributed by atoms with E-state index < -0.39 is 0 Å². The van der Waals surface area contributed by atoms with E-state index in [4.69, 9.17) is 9.47 Å². The minimum Gasteiger partial charge on any atom is -0.496 e. The molecule has 0 amide bonds. The van der Waals surface area contributed by atoms with Crippen molar-refractivity contribution in [3.05, 3.63) is 42.0 Å². The Labute approximate surface area is 120 Å². The van der Waals surface area contributed by atoms with E-state index in [9.17, 15) is 0 Å². The lowest BCUT2D eigenvalue weighted by Gasteiger charge is -2.20. The van der Waals surface area contributed by atoms with E-state index in [0.717, 1.165) is 33.9 Å². The van der Waals surface area contributed by atoms with Crippen LogP contribution in [0.25, 0.3) is 11.1 Å². The third-order valence-corrected chi connectivity index (χ3v) is 3.31. The first kappa shape index (κ1) is 14.3. The highest BCUT2D eigenvalue weighted by molar-refractivity contribution is 5.84. The molecule has 0 N–H and O–H groups in total. The van der Waals surface area contributed by atoms with Crippen LogP contribution in [0.1, 0.15) is 5.56 Å². The molecule has 0 aliphatic heterocycles. The smallest absolute Gasteiger partial charge is 0.136 e. The van der Waals surface area contributed by atoms with Crippen LogP contribution in [0.4, 0.5) is 5.69 Å². The molecule has 0 spiro atoms. The molecule has 2 aromatic carbocycles. The fourth-order valence-corrected chi connectivity index (χ4v) is 2.31. The van der Waals surface area contributed by atoms with Gasteiger partial charge in [-0.2, -0.15) is 0 Å². The number of hydrogen-bond donors (Lipinski definition) is 0. The summed E-state index contributed by atoms with van der Waals surface area (Å²) in [5, 5.41) is 0. The maximum Gasteiger partial charge on any atom is 0.136 e. The van der Waals surface area contributed by atoms with E-state index in [1.807, 2.05) is 45.3 Å². The van der Waals surface area contributed by atoms with Gasteiger partial charge in [0.25, 0.3) is 0 Å². The number of hydrogen-bond acceptors (Lipinski definition) is 3. The van der Waals surface area contributed by atoms with Gasteiger partial charge in [0.1, 0.15) is 11.5 Å². The zero-order chi connectivity index (χ0) is 14.7. The van der Waals surface area contributed by atoms with Crippen LogP contribution in [0, 0.1) is 13.0 Å². The Balaban J connectivity index is 2.64. The number of rotatable bonds is 4. The van der Waals surface area contributed by atoms with Crippen molar-refractivity contribution in [2.75, 3.05) is 33.2 Å². The lowest BCUT2D eigenvalue weighted by molar-refractivity contribution is 0.411. The number of methoxy groups -OCH3 is 2. The number of benzene rings is 2. The van der Waals surface area contributed by atoms with Crippen LogP contribution in [0.2, 0.25) is 0 Å². The van der Waals surface area contributed by atoms with Crippen molar-refractivity contribution in [3.63, 3.8) is 0 Å². The number of ether oxygens (including phenoxy) is 2. The normalized spacial score (nSPS) is 10.2. The third kappa shape index (κ3) is 2.57. The molecule has 0 saturated carbocycles. The molecular weight excluding hydrogens is 250 g/mol. The zero-order valence-electron chi connectivity index (χ0n) is 12.7. The highest BCUT2D eigenvalue weighted by atomic mass is 16.5. The molecule has 2 rings (SSSR count). The van der Waals surface area contributed by atoms with Gasteiger partial charge in [0.2, 0.25) is 0 Å². The molecule has 0 aromatic heterocycles. The fraction of sp³-hybridized carbons (Fsp3) is 0.294. The highest BCUT2D eigenvalue weighted by Gasteiger charge is 2.14. The summed E-state index contributed by atoms with van der Waals surface area (Å²) in [4.78, 5) is 2.07. The van der Waals surface area contributed by atoms with Gasteiger partial charge in [-0.3, -0.25) is 0 Å². The molecule has 0 fully saturated rings. The van der Waals surface area contributed by atoms with E-state index in [-0.39, 0.29) is 0 Å². The SMILES string of the molecule is COc1[c]ccc(N(C)C)c1-c1ccc(OC)c(C)c1. The van der Waals surface area contributed by atoms with Crippen LogP contribution in [0.5, 0.6) is 11.5 Å². The van der Waals surface area contributed by atoms with Gasteiger partial charge in [-0.15, -0.1) is 0 Å². The maximum atomic E-state index is 5.47. The molecule has 0 saturated heterocycles. The lowest BCUT2D eigenvalue weighted by Crippen LogP contribution is -2.10. The first-order chi connectivity index (χ1) is 9.58. The molecular formula is C17H20NO2. The van der Waals surface area contributed by atoms with E-state index in [0.29, 0.717) is 0 Å². The van der Waals surface area contributed by atoms with Crippen LogP contribution >= 0.6 is 0 Å². The lowest BCUT2D eigenvalue weighted by atomic mass is 9.99. The van der Waals surface area contributed by atoms with Crippen molar-refractivity contribution in [1.29, 1.82) is 0 Å². The van der Waals surface area contributed by atoms with Crippen molar-refractivity contribution in [1.82, 2.24) is 0 Å². The molecule has 105 valence electrons. The van der Waals surface area contributed by atoms with Gasteiger partial charge in [-0.1, -0.05) is 6.07 Å². The Hall–Kier alpha value is -2.16. The van der Waals surface area contributed by atoms with Crippen molar-refractivity contribution >= 4 is 5.69 Å². The molecule has 0 heterocycles. The Bertz CT molecular complexity index is 606. The molecule has 0 atom stereocenters. The highest BCUT2D eigenvalue weighted by Crippen LogP contribution is 2.39. The monoisotopic (exact) mass is 270 g/mol. The average molecular weight is 270 g/mol. The number of aryl methyl sites for hydroxylation is 1. The zero-order valence-corrected chi connectivity index (χ0v) is 12.7. The Morgan fingerprint density at radius 3 is 2.35 bits per heavy atom. The number of anilines is 1. The van der Waals surface area contributed by atoms with Crippen LogP contribution < -0.4 is 14.4 Å². The van der Waals surface area contributed by atoms with E-state index in [1.54, 1.807) is 14.2 Å². The van der Waals surface area contributed by atoms with Crippen LogP contribution in [0.15, 0.2) is 30.3 Å². The quantitative estimate of drug-likeness (QED) is 0.848. The largest absolute Gasteiger partial charge is 0.496 e. The summed E-state index contributed by atoms with van der Waals surface area (Å²) in [6, 6.07) is 13.2. The van der Waals surface area contributed by atoms with Gasteiger partial charge in [-0.25, -0.2) is 0 Å². The van der Waals surface area contributed by atoms with Crippen LogP contribution in [0.3, 0.4) is 0 Å². The third-order valence-electron chi connectivity index (χ3n) is 3.31. The maximum absolute atomic E-state index is 5.47. The fourth-order valence-electron chi connectivity index (χ4n) is 2.31. The molecule has 0 bridgehead atoms. The summed E-state index contributed by atoms with van der Waals surface area (Å²) >= 11 is 0. The van der Waals surface area contributed by atoms with Crippen molar-refractivity contribution in [2.24, 2.45) is 0 Å². The summed E-state index contributed by atoms with van der Waals surface area (Å²) < 4.78 is 10.8. The Kier molecular flexibility index (Phi) is 4.18. The minimum atomic E-state index is 0.751.